The molecular formula is C8H14F2N2O. The van der Waals surface area contributed by atoms with Crippen molar-refractivity contribution in [3.05, 3.63) is 0 Å². The Hall–Kier alpha value is -0.710. The van der Waals surface area contributed by atoms with Crippen LogP contribution < -0.4 is 10.6 Å². The third-order valence-corrected chi connectivity index (χ3v) is 2.33. The van der Waals surface area contributed by atoms with E-state index in [1.165, 1.54) is 0 Å². The summed E-state index contributed by atoms with van der Waals surface area (Å²) in [6.45, 7) is 3.33. The van der Waals surface area contributed by atoms with Crippen LogP contribution in [0.4, 0.5) is 8.78 Å². The molecule has 0 atom stereocenters. The van der Waals surface area contributed by atoms with Gasteiger partial charge < -0.3 is 10.6 Å². The normalized spacial score (nSPS) is 21.5. The Morgan fingerprint density at radius 3 is 2.46 bits per heavy atom. The van der Waals surface area contributed by atoms with Crippen LogP contribution in [0.5, 0.6) is 0 Å². The minimum atomic E-state index is -2.91. The second kappa shape index (κ2) is 4.00. The fourth-order valence-corrected chi connectivity index (χ4v) is 1.46. The molecule has 0 aromatic carbocycles. The number of amides is 1. The lowest BCUT2D eigenvalue weighted by Crippen LogP contribution is -2.53. The molecule has 0 aromatic rings. The Kier molecular flexibility index (Phi) is 3.19. The van der Waals surface area contributed by atoms with Crippen LogP contribution in [0.2, 0.25) is 0 Å². The summed E-state index contributed by atoms with van der Waals surface area (Å²) in [6, 6.07) is 0. The van der Waals surface area contributed by atoms with Gasteiger partial charge in [0.05, 0.1) is 0 Å². The van der Waals surface area contributed by atoms with Crippen molar-refractivity contribution in [3.63, 3.8) is 0 Å². The first-order chi connectivity index (χ1) is 6.03. The molecule has 13 heavy (non-hydrogen) atoms. The second-order valence-electron chi connectivity index (χ2n) is 3.60. The highest BCUT2D eigenvalue weighted by Crippen LogP contribution is 2.17. The van der Waals surface area contributed by atoms with Crippen LogP contribution in [0, 0.1) is 0 Å². The maximum Gasteiger partial charge on any atom is 0.315 e. The molecule has 0 radical (unpaired) electrons. The standard InChI is InChI=1S/C8H14F2N2O/c1-8(2-4-11-5-3-8)12-7(13)6(9)10/h6,11H,2-5H2,1H3,(H,12,13). The van der Waals surface area contributed by atoms with Crippen molar-refractivity contribution in [1.82, 2.24) is 10.6 Å². The van der Waals surface area contributed by atoms with Gasteiger partial charge in [-0.05, 0) is 32.9 Å². The second-order valence-corrected chi connectivity index (χ2v) is 3.60. The summed E-state index contributed by atoms with van der Waals surface area (Å²) in [4.78, 5) is 10.7. The van der Waals surface area contributed by atoms with E-state index in [1.54, 1.807) is 6.92 Å². The van der Waals surface area contributed by atoms with E-state index in [0.717, 1.165) is 13.1 Å². The molecule has 1 aliphatic rings. The molecule has 1 aliphatic heterocycles. The number of carbonyl (C=O) groups is 1. The van der Waals surface area contributed by atoms with Crippen molar-refractivity contribution < 1.29 is 13.6 Å². The van der Waals surface area contributed by atoms with Gasteiger partial charge in [0.2, 0.25) is 0 Å². The van der Waals surface area contributed by atoms with Gasteiger partial charge in [0.25, 0.3) is 5.91 Å². The number of hydrogen-bond donors (Lipinski definition) is 2. The monoisotopic (exact) mass is 192 g/mol. The smallest absolute Gasteiger partial charge is 0.315 e. The Balaban J connectivity index is 2.45. The molecule has 2 N–H and O–H groups in total. The van der Waals surface area contributed by atoms with E-state index in [2.05, 4.69) is 10.6 Å². The van der Waals surface area contributed by atoms with E-state index in [1.807, 2.05) is 0 Å². The van der Waals surface area contributed by atoms with Crippen molar-refractivity contribution in [2.45, 2.75) is 31.7 Å². The van der Waals surface area contributed by atoms with Crippen LogP contribution in [0.1, 0.15) is 19.8 Å². The number of nitrogens with one attached hydrogen (secondary N) is 2. The van der Waals surface area contributed by atoms with E-state index in [-0.39, 0.29) is 0 Å². The molecule has 0 unspecified atom stereocenters. The Morgan fingerprint density at radius 2 is 2.00 bits per heavy atom. The molecule has 1 heterocycles. The zero-order valence-corrected chi connectivity index (χ0v) is 7.57. The number of hydrogen-bond acceptors (Lipinski definition) is 2. The highest BCUT2D eigenvalue weighted by molar-refractivity contribution is 5.79. The van der Waals surface area contributed by atoms with Crippen LogP contribution in [0.15, 0.2) is 0 Å². The quantitative estimate of drug-likeness (QED) is 0.669. The van der Waals surface area contributed by atoms with Crippen LogP contribution in [-0.4, -0.2) is 31.0 Å². The SMILES string of the molecule is CC1(NC(=O)C(F)F)CCNCC1. The van der Waals surface area contributed by atoms with Gasteiger partial charge in [-0.3, -0.25) is 4.79 Å². The number of alkyl halides is 2. The molecule has 1 amide bonds. The fourth-order valence-electron chi connectivity index (χ4n) is 1.46. The molecule has 76 valence electrons. The fraction of sp³-hybridized carbons (Fsp3) is 0.875. The number of halogens is 2. The first-order valence-electron chi connectivity index (χ1n) is 4.34. The lowest BCUT2D eigenvalue weighted by Gasteiger charge is -2.34. The van der Waals surface area contributed by atoms with Gasteiger partial charge in [0.15, 0.2) is 0 Å². The summed E-state index contributed by atoms with van der Waals surface area (Å²) in [7, 11) is 0. The minimum Gasteiger partial charge on any atom is -0.346 e. The Labute approximate surface area is 75.9 Å². The molecule has 0 aliphatic carbocycles. The molecule has 1 rings (SSSR count). The van der Waals surface area contributed by atoms with Gasteiger partial charge in [-0.2, -0.15) is 8.78 Å². The van der Waals surface area contributed by atoms with Crippen LogP contribution in [-0.2, 0) is 4.79 Å². The van der Waals surface area contributed by atoms with Crippen molar-refractivity contribution in [3.8, 4) is 0 Å². The summed E-state index contributed by atoms with van der Waals surface area (Å²) in [5.74, 6) is -1.16. The molecule has 1 saturated heterocycles. The zero-order valence-electron chi connectivity index (χ0n) is 7.57. The number of piperidine rings is 1. The summed E-state index contributed by atoms with van der Waals surface area (Å²) in [5.41, 5.74) is -0.460. The van der Waals surface area contributed by atoms with E-state index < -0.39 is 17.9 Å². The van der Waals surface area contributed by atoms with Crippen molar-refractivity contribution in [1.29, 1.82) is 0 Å². The van der Waals surface area contributed by atoms with E-state index in [4.69, 9.17) is 0 Å². The van der Waals surface area contributed by atoms with Gasteiger partial charge in [0, 0.05) is 5.54 Å². The largest absolute Gasteiger partial charge is 0.346 e. The summed E-state index contributed by atoms with van der Waals surface area (Å²) >= 11 is 0. The third kappa shape index (κ3) is 2.91. The molecule has 3 nitrogen and oxygen atoms in total. The molecule has 0 bridgehead atoms. The number of rotatable bonds is 2. The van der Waals surface area contributed by atoms with E-state index in [9.17, 15) is 13.6 Å². The predicted molar refractivity (Wildman–Crippen MR) is 44.7 cm³/mol. The predicted octanol–water partition coefficient (Wildman–Crippen LogP) is 0.510. The van der Waals surface area contributed by atoms with E-state index >= 15 is 0 Å². The van der Waals surface area contributed by atoms with Gasteiger partial charge >= 0.3 is 6.43 Å². The third-order valence-electron chi connectivity index (χ3n) is 2.33. The molecular weight excluding hydrogens is 178 g/mol. The van der Waals surface area contributed by atoms with Gasteiger partial charge in [-0.25, -0.2) is 0 Å². The van der Waals surface area contributed by atoms with Gasteiger partial charge in [0.1, 0.15) is 0 Å². The summed E-state index contributed by atoms with van der Waals surface area (Å²) in [6.07, 6.45) is -1.51. The maximum absolute atomic E-state index is 11.9. The van der Waals surface area contributed by atoms with Crippen LogP contribution in [0.3, 0.4) is 0 Å². The highest BCUT2D eigenvalue weighted by Gasteiger charge is 2.30. The lowest BCUT2D eigenvalue weighted by atomic mass is 9.90. The molecule has 5 heteroatoms. The van der Waals surface area contributed by atoms with E-state index in [0.29, 0.717) is 12.8 Å². The first-order valence-corrected chi connectivity index (χ1v) is 4.34. The zero-order chi connectivity index (χ0) is 9.90. The van der Waals surface area contributed by atoms with Crippen molar-refractivity contribution in [2.24, 2.45) is 0 Å². The minimum absolute atomic E-state index is 0.460. The lowest BCUT2D eigenvalue weighted by molar-refractivity contribution is -0.133. The van der Waals surface area contributed by atoms with Crippen LogP contribution in [0.25, 0.3) is 0 Å². The first kappa shape index (κ1) is 10.4. The average Bonchev–Trinajstić information content (AvgIpc) is 2.04. The topological polar surface area (TPSA) is 41.1 Å². The number of carbonyl (C=O) groups excluding carboxylic acids is 1. The molecule has 0 saturated carbocycles. The maximum atomic E-state index is 11.9. The van der Waals surface area contributed by atoms with Crippen molar-refractivity contribution >= 4 is 5.91 Å². The van der Waals surface area contributed by atoms with Crippen LogP contribution >= 0.6 is 0 Å². The highest BCUT2D eigenvalue weighted by atomic mass is 19.3. The average molecular weight is 192 g/mol. The summed E-state index contributed by atoms with van der Waals surface area (Å²) in [5, 5.41) is 5.47. The summed E-state index contributed by atoms with van der Waals surface area (Å²) < 4.78 is 23.9. The molecule has 0 aromatic heterocycles. The van der Waals surface area contributed by atoms with Crippen molar-refractivity contribution in [2.75, 3.05) is 13.1 Å². The Morgan fingerprint density at radius 1 is 1.46 bits per heavy atom. The Bertz CT molecular complexity index is 191. The molecule has 1 fully saturated rings. The van der Waals surface area contributed by atoms with Gasteiger partial charge in [-0.1, -0.05) is 0 Å². The molecule has 0 spiro atoms. The van der Waals surface area contributed by atoms with Gasteiger partial charge in [-0.15, -0.1) is 0 Å².